The third-order valence-electron chi connectivity index (χ3n) is 3.15. The van der Waals surface area contributed by atoms with Gasteiger partial charge in [0.1, 0.15) is 5.75 Å². The number of halogens is 2. The van der Waals surface area contributed by atoms with Crippen LogP contribution in [0.4, 0.5) is 5.69 Å². The van der Waals surface area contributed by atoms with Crippen molar-refractivity contribution in [3.8, 4) is 5.75 Å². The first kappa shape index (κ1) is 12.7. The fraction of sp³-hybridized carbons (Fsp3) is 0.0714. The Morgan fingerprint density at radius 1 is 1.21 bits per heavy atom. The number of phenols is 1. The monoisotopic (exact) mass is 385 g/mol. The second-order valence-corrected chi connectivity index (χ2v) is 6.02. The normalized spacial score (nSPS) is 17.2. The molecule has 0 radical (unpaired) electrons. The van der Waals surface area contributed by atoms with Crippen molar-refractivity contribution in [3.63, 3.8) is 0 Å². The van der Waals surface area contributed by atoms with Crippen LogP contribution in [0, 0.1) is 3.57 Å². The number of amides is 1. The van der Waals surface area contributed by atoms with Crippen LogP contribution < -0.4 is 5.32 Å². The summed E-state index contributed by atoms with van der Waals surface area (Å²) in [6.07, 6.45) is 0. The van der Waals surface area contributed by atoms with Gasteiger partial charge in [-0.25, -0.2) is 0 Å². The molecule has 1 aliphatic heterocycles. The zero-order valence-electron chi connectivity index (χ0n) is 9.65. The van der Waals surface area contributed by atoms with Gasteiger partial charge in [-0.15, -0.1) is 0 Å². The highest BCUT2D eigenvalue weighted by Crippen LogP contribution is 2.39. The highest BCUT2D eigenvalue weighted by molar-refractivity contribution is 14.1. The summed E-state index contributed by atoms with van der Waals surface area (Å²) in [6.45, 7) is 0. The maximum atomic E-state index is 12.1. The minimum atomic E-state index is -0.370. The van der Waals surface area contributed by atoms with Crippen molar-refractivity contribution in [1.82, 2.24) is 0 Å². The molecular weight excluding hydrogens is 377 g/mol. The van der Waals surface area contributed by atoms with Gasteiger partial charge in [0.2, 0.25) is 5.91 Å². The Balaban J connectivity index is 2.11. The molecule has 1 atom stereocenters. The quantitative estimate of drug-likeness (QED) is 0.735. The van der Waals surface area contributed by atoms with Crippen LogP contribution in [-0.2, 0) is 4.79 Å². The van der Waals surface area contributed by atoms with Gasteiger partial charge in [-0.05, 0) is 58.0 Å². The topological polar surface area (TPSA) is 49.3 Å². The lowest BCUT2D eigenvalue weighted by atomic mass is 9.92. The molecule has 1 heterocycles. The van der Waals surface area contributed by atoms with E-state index in [0.29, 0.717) is 0 Å². The number of carbonyl (C=O) groups is 1. The Kier molecular flexibility index (Phi) is 3.14. The van der Waals surface area contributed by atoms with Crippen LogP contribution in [-0.4, -0.2) is 11.0 Å². The maximum Gasteiger partial charge on any atom is 0.236 e. The number of aromatic hydroxyl groups is 1. The van der Waals surface area contributed by atoms with E-state index in [9.17, 15) is 9.90 Å². The summed E-state index contributed by atoms with van der Waals surface area (Å²) in [6, 6.07) is 10.7. The summed E-state index contributed by atoms with van der Waals surface area (Å²) in [4.78, 5) is 12.1. The summed E-state index contributed by atoms with van der Waals surface area (Å²) in [5, 5.41) is 12.6. The molecule has 0 saturated heterocycles. The zero-order valence-corrected chi connectivity index (χ0v) is 12.6. The first-order chi connectivity index (χ1) is 9.06. The van der Waals surface area contributed by atoms with Crippen molar-refractivity contribution in [2.24, 2.45) is 0 Å². The number of fused-ring (bicyclic) bond motifs is 1. The molecule has 3 nitrogen and oxygen atoms in total. The second-order valence-electron chi connectivity index (χ2n) is 4.36. The van der Waals surface area contributed by atoms with Gasteiger partial charge in [0.25, 0.3) is 0 Å². The van der Waals surface area contributed by atoms with Gasteiger partial charge in [-0.3, -0.25) is 4.79 Å². The SMILES string of the molecule is O=C1Nc2cc(I)ccc2C1c1ccc(O)c(Cl)c1. The average molecular weight is 386 g/mol. The fourth-order valence-corrected chi connectivity index (χ4v) is 2.95. The molecule has 0 aromatic heterocycles. The summed E-state index contributed by atoms with van der Waals surface area (Å²) < 4.78 is 1.07. The predicted molar refractivity (Wildman–Crippen MR) is 82.7 cm³/mol. The van der Waals surface area contributed by atoms with Crippen LogP contribution in [0.3, 0.4) is 0 Å². The number of anilines is 1. The van der Waals surface area contributed by atoms with E-state index in [-0.39, 0.29) is 22.6 Å². The first-order valence-corrected chi connectivity index (χ1v) is 7.10. The van der Waals surface area contributed by atoms with E-state index in [1.807, 2.05) is 18.2 Å². The molecule has 96 valence electrons. The van der Waals surface area contributed by atoms with Gasteiger partial charge in [-0.2, -0.15) is 0 Å². The zero-order chi connectivity index (χ0) is 13.6. The minimum absolute atomic E-state index is 0.0201. The molecule has 5 heteroatoms. The second kappa shape index (κ2) is 4.68. The van der Waals surface area contributed by atoms with Gasteiger partial charge >= 0.3 is 0 Å². The van der Waals surface area contributed by atoms with Crippen molar-refractivity contribution < 1.29 is 9.90 Å². The molecule has 19 heavy (non-hydrogen) atoms. The standard InChI is InChI=1S/C14H9ClINO2/c15-10-5-7(1-4-12(10)18)13-9-3-2-8(16)6-11(9)17-14(13)19/h1-6,13,18H,(H,17,19). The van der Waals surface area contributed by atoms with Gasteiger partial charge in [0.15, 0.2) is 0 Å². The van der Waals surface area contributed by atoms with Gasteiger partial charge in [-0.1, -0.05) is 23.7 Å². The van der Waals surface area contributed by atoms with Gasteiger partial charge < -0.3 is 10.4 Å². The van der Waals surface area contributed by atoms with E-state index < -0.39 is 0 Å². The van der Waals surface area contributed by atoms with Crippen LogP contribution in [0.25, 0.3) is 0 Å². The largest absolute Gasteiger partial charge is 0.506 e. The summed E-state index contributed by atoms with van der Waals surface area (Å²) in [7, 11) is 0. The molecule has 0 fully saturated rings. The van der Waals surface area contributed by atoms with E-state index in [1.54, 1.807) is 12.1 Å². The number of phenolic OH excluding ortho intramolecular Hbond substituents is 1. The summed E-state index contributed by atoms with van der Waals surface area (Å²) in [5.74, 6) is -0.421. The lowest BCUT2D eigenvalue weighted by molar-refractivity contribution is -0.116. The average Bonchev–Trinajstić information content (AvgIpc) is 2.68. The van der Waals surface area contributed by atoms with E-state index in [2.05, 4.69) is 27.9 Å². The highest BCUT2D eigenvalue weighted by atomic mass is 127. The Labute approximate surface area is 128 Å². The highest BCUT2D eigenvalue weighted by Gasteiger charge is 2.32. The Hall–Kier alpha value is -1.27. The molecule has 0 spiro atoms. The number of rotatable bonds is 1. The third kappa shape index (κ3) is 2.19. The molecule has 0 bridgehead atoms. The molecule has 1 aliphatic rings. The molecule has 1 amide bonds. The van der Waals surface area contributed by atoms with Crippen LogP contribution in [0.15, 0.2) is 36.4 Å². The Morgan fingerprint density at radius 2 is 2.00 bits per heavy atom. The van der Waals surface area contributed by atoms with E-state index in [0.717, 1.165) is 20.4 Å². The summed E-state index contributed by atoms with van der Waals surface area (Å²) >= 11 is 8.12. The van der Waals surface area contributed by atoms with Crippen molar-refractivity contribution >= 4 is 45.8 Å². The van der Waals surface area contributed by atoms with Crippen LogP contribution in [0.5, 0.6) is 5.75 Å². The van der Waals surface area contributed by atoms with Crippen LogP contribution in [0.1, 0.15) is 17.0 Å². The number of hydrogen-bond acceptors (Lipinski definition) is 2. The number of hydrogen-bond donors (Lipinski definition) is 2. The molecule has 2 aromatic rings. The number of benzene rings is 2. The van der Waals surface area contributed by atoms with E-state index in [1.165, 1.54) is 6.07 Å². The van der Waals surface area contributed by atoms with Crippen molar-refractivity contribution in [2.45, 2.75) is 5.92 Å². The fourth-order valence-electron chi connectivity index (χ4n) is 2.27. The predicted octanol–water partition coefficient (Wildman–Crippen LogP) is 3.73. The van der Waals surface area contributed by atoms with E-state index in [4.69, 9.17) is 11.6 Å². The lowest BCUT2D eigenvalue weighted by Crippen LogP contribution is -2.13. The molecule has 2 aromatic carbocycles. The molecule has 0 aliphatic carbocycles. The van der Waals surface area contributed by atoms with Gasteiger partial charge in [0.05, 0.1) is 10.9 Å². The first-order valence-electron chi connectivity index (χ1n) is 5.65. The smallest absolute Gasteiger partial charge is 0.236 e. The summed E-state index contributed by atoms with van der Waals surface area (Å²) in [5.41, 5.74) is 2.55. The molecule has 2 N–H and O–H groups in total. The van der Waals surface area contributed by atoms with Crippen molar-refractivity contribution in [2.75, 3.05) is 5.32 Å². The molecule has 1 unspecified atom stereocenters. The minimum Gasteiger partial charge on any atom is -0.506 e. The molecular formula is C14H9ClINO2. The van der Waals surface area contributed by atoms with Crippen LogP contribution in [0.2, 0.25) is 5.02 Å². The molecule has 3 rings (SSSR count). The maximum absolute atomic E-state index is 12.1. The van der Waals surface area contributed by atoms with Crippen molar-refractivity contribution in [3.05, 3.63) is 56.1 Å². The van der Waals surface area contributed by atoms with Crippen LogP contribution >= 0.6 is 34.2 Å². The molecule has 0 saturated carbocycles. The Morgan fingerprint density at radius 3 is 2.74 bits per heavy atom. The Bertz CT molecular complexity index is 687. The number of carbonyl (C=O) groups excluding carboxylic acids is 1. The van der Waals surface area contributed by atoms with Gasteiger partial charge in [0, 0.05) is 9.26 Å². The van der Waals surface area contributed by atoms with E-state index >= 15 is 0 Å². The third-order valence-corrected chi connectivity index (χ3v) is 4.13. The number of nitrogens with one attached hydrogen (secondary N) is 1. The van der Waals surface area contributed by atoms with Crippen molar-refractivity contribution in [1.29, 1.82) is 0 Å². The lowest BCUT2D eigenvalue weighted by Gasteiger charge is -2.10.